The van der Waals surface area contributed by atoms with E-state index in [0.29, 0.717) is 5.56 Å². The molecule has 0 unspecified atom stereocenters. The lowest BCUT2D eigenvalue weighted by Crippen LogP contribution is -2.08. The minimum absolute atomic E-state index is 0.229. The molecule has 0 fully saturated rings. The predicted molar refractivity (Wildman–Crippen MR) is 63.3 cm³/mol. The second-order valence-corrected chi connectivity index (χ2v) is 2.59. The number of benzene rings is 1. The number of aryl methyl sites for hydroxylation is 1. The van der Waals surface area contributed by atoms with E-state index < -0.39 is 11.7 Å². The van der Waals surface area contributed by atoms with Crippen LogP contribution in [-0.2, 0) is 6.18 Å². The summed E-state index contributed by atoms with van der Waals surface area (Å²) in [5, 5.41) is 0. The van der Waals surface area contributed by atoms with Crippen LogP contribution < -0.4 is 5.73 Å². The highest BCUT2D eigenvalue weighted by Crippen LogP contribution is 2.33. The quantitative estimate of drug-likeness (QED) is 0.651. The highest BCUT2D eigenvalue weighted by Gasteiger charge is 2.32. The van der Waals surface area contributed by atoms with Crippen LogP contribution in [0.1, 0.15) is 38.8 Å². The Bertz CT molecular complexity index is 293. The number of alkyl halides is 3. The van der Waals surface area contributed by atoms with Crippen molar-refractivity contribution in [3.8, 4) is 0 Å². The molecule has 0 aliphatic rings. The molecule has 0 atom stereocenters. The molecule has 16 heavy (non-hydrogen) atoms. The van der Waals surface area contributed by atoms with Crippen LogP contribution in [0.4, 0.5) is 18.9 Å². The van der Waals surface area contributed by atoms with E-state index in [2.05, 4.69) is 0 Å². The average molecular weight is 235 g/mol. The lowest BCUT2D eigenvalue weighted by Gasteiger charge is -2.09. The minimum atomic E-state index is -4.35. The van der Waals surface area contributed by atoms with Gasteiger partial charge in [-0.05, 0) is 19.1 Å². The number of nitrogen functional groups attached to an aromatic ring is 1. The van der Waals surface area contributed by atoms with E-state index in [1.54, 1.807) is 13.0 Å². The van der Waals surface area contributed by atoms with Gasteiger partial charge in [-0.3, -0.25) is 0 Å². The number of rotatable bonds is 0. The first kappa shape index (κ1) is 17.2. The molecule has 0 radical (unpaired) electrons. The maximum Gasteiger partial charge on any atom is 0.418 e. The summed E-state index contributed by atoms with van der Waals surface area (Å²) in [4.78, 5) is 0. The van der Waals surface area contributed by atoms with Crippen molar-refractivity contribution >= 4 is 5.69 Å². The largest absolute Gasteiger partial charge is 0.418 e. The van der Waals surface area contributed by atoms with Gasteiger partial charge in [0.05, 0.1) is 5.56 Å². The van der Waals surface area contributed by atoms with Crippen molar-refractivity contribution in [1.82, 2.24) is 0 Å². The second kappa shape index (κ2) is 8.02. The molecule has 1 aromatic rings. The van der Waals surface area contributed by atoms with Crippen molar-refractivity contribution in [2.24, 2.45) is 0 Å². The smallest absolute Gasteiger partial charge is 0.398 e. The molecule has 0 amide bonds. The van der Waals surface area contributed by atoms with Gasteiger partial charge < -0.3 is 5.73 Å². The molecule has 1 rings (SSSR count). The molecule has 2 N–H and O–H groups in total. The van der Waals surface area contributed by atoms with Crippen molar-refractivity contribution in [2.75, 3.05) is 5.73 Å². The number of anilines is 1. The van der Waals surface area contributed by atoms with Crippen molar-refractivity contribution in [2.45, 2.75) is 40.8 Å². The summed E-state index contributed by atoms with van der Waals surface area (Å²) in [5.74, 6) is 0. The monoisotopic (exact) mass is 235 g/mol. The summed E-state index contributed by atoms with van der Waals surface area (Å²) in [7, 11) is 0. The first-order valence-electron chi connectivity index (χ1n) is 5.34. The number of halogens is 3. The van der Waals surface area contributed by atoms with E-state index in [4.69, 9.17) is 5.73 Å². The zero-order valence-electron chi connectivity index (χ0n) is 10.4. The molecular weight excluding hydrogens is 215 g/mol. The molecule has 4 heteroatoms. The summed E-state index contributed by atoms with van der Waals surface area (Å²) in [6, 6.07) is 3.85. The molecule has 0 bridgehead atoms. The normalized spacial score (nSPS) is 9.50. The van der Waals surface area contributed by atoms with E-state index in [-0.39, 0.29) is 5.69 Å². The van der Waals surface area contributed by atoms with Gasteiger partial charge in [-0.15, -0.1) is 0 Å². The highest BCUT2D eigenvalue weighted by atomic mass is 19.4. The van der Waals surface area contributed by atoms with Crippen LogP contribution in [0.2, 0.25) is 0 Å². The third-order valence-corrected chi connectivity index (χ3v) is 1.51. The Kier molecular flexibility index (Phi) is 8.63. The molecule has 0 aliphatic carbocycles. The maximum absolute atomic E-state index is 12.1. The van der Waals surface area contributed by atoms with E-state index in [0.717, 1.165) is 6.07 Å². The van der Waals surface area contributed by atoms with Crippen LogP contribution in [0.3, 0.4) is 0 Å². The Hall–Kier alpha value is -1.19. The zero-order chi connectivity index (χ0) is 13.4. The van der Waals surface area contributed by atoms with Gasteiger partial charge >= 0.3 is 6.18 Å². The fourth-order valence-electron chi connectivity index (χ4n) is 0.916. The van der Waals surface area contributed by atoms with Crippen molar-refractivity contribution in [1.29, 1.82) is 0 Å². The van der Waals surface area contributed by atoms with Crippen molar-refractivity contribution in [3.63, 3.8) is 0 Å². The van der Waals surface area contributed by atoms with Crippen LogP contribution in [0.25, 0.3) is 0 Å². The lowest BCUT2D eigenvalue weighted by atomic mass is 10.1. The average Bonchev–Trinajstić information content (AvgIpc) is 2.26. The summed E-state index contributed by atoms with van der Waals surface area (Å²) in [6.07, 6.45) is -4.35. The summed E-state index contributed by atoms with van der Waals surface area (Å²) < 4.78 is 36.4. The predicted octanol–water partition coefficient (Wildman–Crippen LogP) is 4.65. The van der Waals surface area contributed by atoms with Crippen LogP contribution in [0, 0.1) is 6.92 Å². The van der Waals surface area contributed by atoms with Crippen LogP contribution in [0.15, 0.2) is 18.2 Å². The van der Waals surface area contributed by atoms with Gasteiger partial charge in [0, 0.05) is 5.69 Å². The van der Waals surface area contributed by atoms with Gasteiger partial charge in [-0.1, -0.05) is 39.3 Å². The number of nitrogens with two attached hydrogens (primary N) is 1. The number of hydrogen-bond donors (Lipinski definition) is 1. The summed E-state index contributed by atoms with van der Waals surface area (Å²) in [5.41, 5.74) is 4.72. The zero-order valence-corrected chi connectivity index (χ0v) is 10.4. The Morgan fingerprint density at radius 2 is 1.44 bits per heavy atom. The highest BCUT2D eigenvalue weighted by molar-refractivity contribution is 5.49. The molecule has 0 aliphatic heterocycles. The van der Waals surface area contributed by atoms with Crippen molar-refractivity contribution < 1.29 is 13.2 Å². The van der Waals surface area contributed by atoms with Crippen molar-refractivity contribution in [3.05, 3.63) is 29.3 Å². The van der Waals surface area contributed by atoms with E-state index >= 15 is 0 Å². The van der Waals surface area contributed by atoms with Gasteiger partial charge in [0.2, 0.25) is 0 Å². The van der Waals surface area contributed by atoms with E-state index in [1.807, 2.05) is 27.7 Å². The molecule has 1 aromatic carbocycles. The van der Waals surface area contributed by atoms with Gasteiger partial charge in [-0.2, -0.15) is 13.2 Å². The van der Waals surface area contributed by atoms with Gasteiger partial charge in [0.15, 0.2) is 0 Å². The molecule has 0 spiro atoms. The molecular formula is C12H20F3N. The fourth-order valence-corrected chi connectivity index (χ4v) is 0.916. The molecule has 0 saturated carbocycles. The molecule has 1 nitrogen and oxygen atoms in total. The SMILES string of the molecule is CC.CC.Cc1ccc(N)c(C(F)(F)F)c1. The fraction of sp³-hybridized carbons (Fsp3) is 0.500. The second-order valence-electron chi connectivity index (χ2n) is 2.59. The Morgan fingerprint density at radius 1 is 1.00 bits per heavy atom. The standard InChI is InChI=1S/C8H8F3N.2C2H6/c1-5-2-3-7(12)6(4-5)8(9,10)11;2*1-2/h2-4H,12H2,1H3;2*1-2H3. The lowest BCUT2D eigenvalue weighted by molar-refractivity contribution is -0.136. The van der Waals surface area contributed by atoms with E-state index in [9.17, 15) is 13.2 Å². The molecule has 0 saturated heterocycles. The van der Waals surface area contributed by atoms with Crippen LogP contribution in [0.5, 0.6) is 0 Å². The van der Waals surface area contributed by atoms with E-state index in [1.165, 1.54) is 6.07 Å². The molecule has 0 heterocycles. The third kappa shape index (κ3) is 5.63. The Labute approximate surface area is 95.5 Å². The maximum atomic E-state index is 12.1. The molecule has 94 valence electrons. The van der Waals surface area contributed by atoms with Crippen LogP contribution >= 0.6 is 0 Å². The third-order valence-electron chi connectivity index (χ3n) is 1.51. The summed E-state index contributed by atoms with van der Waals surface area (Å²) in [6.45, 7) is 9.59. The molecule has 0 aromatic heterocycles. The number of hydrogen-bond acceptors (Lipinski definition) is 1. The first-order chi connectivity index (χ1) is 7.41. The van der Waals surface area contributed by atoms with Gasteiger partial charge in [-0.25, -0.2) is 0 Å². The Morgan fingerprint density at radius 3 is 1.75 bits per heavy atom. The Balaban J connectivity index is 0. The van der Waals surface area contributed by atoms with Gasteiger partial charge in [0.25, 0.3) is 0 Å². The van der Waals surface area contributed by atoms with Crippen LogP contribution in [-0.4, -0.2) is 0 Å². The minimum Gasteiger partial charge on any atom is -0.398 e. The summed E-state index contributed by atoms with van der Waals surface area (Å²) >= 11 is 0. The van der Waals surface area contributed by atoms with Gasteiger partial charge in [0.1, 0.15) is 0 Å². The first-order valence-corrected chi connectivity index (χ1v) is 5.34. The topological polar surface area (TPSA) is 26.0 Å².